The SMILES string of the molecule is CCCCOc1ccc(-c2cc3onc(-c4ccccc4)c3c(=O)n2C)cc1. The van der Waals surface area contributed by atoms with Crippen molar-refractivity contribution in [3.63, 3.8) is 0 Å². The Morgan fingerprint density at radius 1 is 1.04 bits per heavy atom. The van der Waals surface area contributed by atoms with Crippen molar-refractivity contribution in [1.29, 1.82) is 0 Å². The van der Waals surface area contributed by atoms with Crippen molar-refractivity contribution in [2.45, 2.75) is 19.8 Å². The Balaban J connectivity index is 1.73. The second-order valence-corrected chi connectivity index (χ2v) is 6.76. The fourth-order valence-electron chi connectivity index (χ4n) is 3.23. The first-order valence-corrected chi connectivity index (χ1v) is 9.47. The van der Waals surface area contributed by atoms with Crippen LogP contribution in [0.2, 0.25) is 0 Å². The van der Waals surface area contributed by atoms with Gasteiger partial charge in [0.2, 0.25) is 0 Å². The van der Waals surface area contributed by atoms with E-state index < -0.39 is 0 Å². The Morgan fingerprint density at radius 3 is 2.50 bits per heavy atom. The zero-order valence-corrected chi connectivity index (χ0v) is 16.0. The van der Waals surface area contributed by atoms with Crippen LogP contribution >= 0.6 is 0 Å². The van der Waals surface area contributed by atoms with Gasteiger partial charge in [-0.1, -0.05) is 48.8 Å². The first-order valence-electron chi connectivity index (χ1n) is 9.47. The molecule has 0 saturated heterocycles. The summed E-state index contributed by atoms with van der Waals surface area (Å²) >= 11 is 0. The summed E-state index contributed by atoms with van der Waals surface area (Å²) in [6.45, 7) is 2.84. The summed E-state index contributed by atoms with van der Waals surface area (Å²) in [5, 5.41) is 4.65. The molecule has 4 rings (SSSR count). The molecule has 0 aliphatic heterocycles. The number of rotatable bonds is 6. The van der Waals surface area contributed by atoms with Crippen molar-refractivity contribution in [3.05, 3.63) is 71.0 Å². The monoisotopic (exact) mass is 374 g/mol. The molecule has 0 aliphatic carbocycles. The van der Waals surface area contributed by atoms with E-state index in [0.29, 0.717) is 23.3 Å². The highest BCUT2D eigenvalue weighted by Crippen LogP contribution is 2.29. The van der Waals surface area contributed by atoms with Crippen molar-refractivity contribution < 1.29 is 9.26 Å². The van der Waals surface area contributed by atoms with E-state index in [1.54, 1.807) is 11.6 Å². The molecular formula is C23H22N2O3. The highest BCUT2D eigenvalue weighted by Gasteiger charge is 2.18. The van der Waals surface area contributed by atoms with Gasteiger partial charge in [-0.05, 0) is 36.2 Å². The van der Waals surface area contributed by atoms with Gasteiger partial charge in [-0.2, -0.15) is 0 Å². The molecule has 5 nitrogen and oxygen atoms in total. The fourth-order valence-corrected chi connectivity index (χ4v) is 3.23. The molecular weight excluding hydrogens is 352 g/mol. The van der Waals surface area contributed by atoms with Crippen LogP contribution in [0.4, 0.5) is 0 Å². The molecule has 0 N–H and O–H groups in total. The summed E-state index contributed by atoms with van der Waals surface area (Å²) in [7, 11) is 1.77. The third-order valence-corrected chi connectivity index (χ3v) is 4.83. The lowest BCUT2D eigenvalue weighted by Gasteiger charge is -2.10. The van der Waals surface area contributed by atoms with Crippen LogP contribution in [-0.2, 0) is 7.05 Å². The molecule has 2 aromatic carbocycles. The van der Waals surface area contributed by atoms with E-state index in [1.165, 1.54) is 0 Å². The van der Waals surface area contributed by atoms with Gasteiger partial charge in [0.25, 0.3) is 5.56 Å². The Labute approximate surface area is 163 Å². The number of hydrogen-bond acceptors (Lipinski definition) is 4. The van der Waals surface area contributed by atoms with Gasteiger partial charge in [-0.3, -0.25) is 4.79 Å². The van der Waals surface area contributed by atoms with Crippen LogP contribution in [0.1, 0.15) is 19.8 Å². The third kappa shape index (κ3) is 3.31. The molecule has 0 amide bonds. The molecule has 2 heterocycles. The summed E-state index contributed by atoms with van der Waals surface area (Å²) in [4.78, 5) is 13.1. The average Bonchev–Trinajstić information content (AvgIpc) is 3.16. The van der Waals surface area contributed by atoms with Gasteiger partial charge in [-0.15, -0.1) is 0 Å². The Hall–Kier alpha value is -3.34. The minimum Gasteiger partial charge on any atom is -0.494 e. The molecule has 2 aromatic heterocycles. The number of aromatic nitrogens is 2. The van der Waals surface area contributed by atoms with E-state index >= 15 is 0 Å². The van der Waals surface area contributed by atoms with Gasteiger partial charge in [0, 0.05) is 18.7 Å². The van der Waals surface area contributed by atoms with E-state index in [9.17, 15) is 4.79 Å². The van der Waals surface area contributed by atoms with Gasteiger partial charge >= 0.3 is 0 Å². The van der Waals surface area contributed by atoms with Crippen molar-refractivity contribution in [2.24, 2.45) is 7.05 Å². The van der Waals surface area contributed by atoms with Gasteiger partial charge in [0.1, 0.15) is 16.8 Å². The number of hydrogen-bond donors (Lipinski definition) is 0. The summed E-state index contributed by atoms with van der Waals surface area (Å²) in [6.07, 6.45) is 2.13. The molecule has 0 saturated carbocycles. The van der Waals surface area contributed by atoms with Crippen LogP contribution in [0.25, 0.3) is 33.5 Å². The van der Waals surface area contributed by atoms with Crippen molar-refractivity contribution >= 4 is 11.0 Å². The zero-order chi connectivity index (χ0) is 19.5. The van der Waals surface area contributed by atoms with E-state index in [2.05, 4.69) is 12.1 Å². The number of fused-ring (bicyclic) bond motifs is 1. The lowest BCUT2D eigenvalue weighted by Crippen LogP contribution is -2.18. The molecule has 0 atom stereocenters. The fraction of sp³-hybridized carbons (Fsp3) is 0.217. The second-order valence-electron chi connectivity index (χ2n) is 6.76. The normalized spacial score (nSPS) is 11.1. The highest BCUT2D eigenvalue weighted by molar-refractivity contribution is 5.92. The molecule has 0 spiro atoms. The number of ether oxygens (including phenoxy) is 1. The molecule has 0 unspecified atom stereocenters. The third-order valence-electron chi connectivity index (χ3n) is 4.83. The van der Waals surface area contributed by atoms with Crippen LogP contribution in [0.5, 0.6) is 5.75 Å². The molecule has 28 heavy (non-hydrogen) atoms. The van der Waals surface area contributed by atoms with Gasteiger partial charge in [-0.25, -0.2) is 0 Å². The maximum Gasteiger partial charge on any atom is 0.264 e. The first kappa shape index (κ1) is 18.0. The van der Waals surface area contributed by atoms with Crippen LogP contribution in [0, 0.1) is 0 Å². The molecule has 0 fully saturated rings. The summed E-state index contributed by atoms with van der Waals surface area (Å²) < 4.78 is 12.9. The van der Waals surface area contributed by atoms with Crippen LogP contribution < -0.4 is 10.3 Å². The molecule has 0 radical (unpaired) electrons. The molecule has 4 aromatic rings. The van der Waals surface area contributed by atoms with E-state index in [1.807, 2.05) is 60.7 Å². The molecule has 0 aliphatic rings. The zero-order valence-electron chi connectivity index (χ0n) is 16.0. The maximum atomic E-state index is 13.1. The standard InChI is InChI=1S/C23H22N2O3/c1-3-4-14-27-18-12-10-16(11-13-18)19-15-20-21(23(26)25(19)2)22(24-28-20)17-8-6-5-7-9-17/h5-13,15H,3-4,14H2,1-2H3. The Bertz CT molecular complexity index is 1140. The van der Waals surface area contributed by atoms with E-state index in [-0.39, 0.29) is 5.56 Å². The quantitative estimate of drug-likeness (QED) is 0.444. The highest BCUT2D eigenvalue weighted by atomic mass is 16.5. The van der Waals surface area contributed by atoms with Crippen LogP contribution in [0.3, 0.4) is 0 Å². The average molecular weight is 374 g/mol. The number of unbranched alkanes of at least 4 members (excludes halogenated alkanes) is 1. The molecule has 142 valence electrons. The minimum absolute atomic E-state index is 0.129. The lowest BCUT2D eigenvalue weighted by molar-refractivity contribution is 0.309. The number of nitrogens with zero attached hydrogens (tertiary/aromatic N) is 2. The predicted octanol–water partition coefficient (Wildman–Crippen LogP) is 5.04. The minimum atomic E-state index is -0.129. The largest absolute Gasteiger partial charge is 0.494 e. The second kappa shape index (κ2) is 7.72. The summed E-state index contributed by atoms with van der Waals surface area (Å²) in [5.41, 5.74) is 3.48. The smallest absolute Gasteiger partial charge is 0.264 e. The Morgan fingerprint density at radius 2 is 1.79 bits per heavy atom. The lowest BCUT2D eigenvalue weighted by atomic mass is 10.1. The van der Waals surface area contributed by atoms with Gasteiger partial charge in [0.05, 0.1) is 12.3 Å². The molecule has 5 heteroatoms. The maximum absolute atomic E-state index is 13.1. The van der Waals surface area contributed by atoms with Crippen LogP contribution in [-0.4, -0.2) is 16.3 Å². The van der Waals surface area contributed by atoms with Crippen LogP contribution in [0.15, 0.2) is 70.0 Å². The summed E-state index contributed by atoms with van der Waals surface area (Å²) in [6, 6.07) is 19.2. The molecule has 0 bridgehead atoms. The van der Waals surface area contributed by atoms with E-state index in [0.717, 1.165) is 35.4 Å². The first-order chi connectivity index (χ1) is 13.7. The summed E-state index contributed by atoms with van der Waals surface area (Å²) in [5.74, 6) is 0.828. The Kier molecular flexibility index (Phi) is 4.98. The van der Waals surface area contributed by atoms with Crippen molar-refractivity contribution in [2.75, 3.05) is 6.61 Å². The predicted molar refractivity (Wildman–Crippen MR) is 111 cm³/mol. The van der Waals surface area contributed by atoms with Crippen molar-refractivity contribution in [3.8, 4) is 28.3 Å². The van der Waals surface area contributed by atoms with Gasteiger partial charge in [0.15, 0.2) is 5.58 Å². The van der Waals surface area contributed by atoms with E-state index in [4.69, 9.17) is 9.26 Å². The topological polar surface area (TPSA) is 57.3 Å². The number of pyridine rings is 1. The number of benzene rings is 2. The van der Waals surface area contributed by atoms with Gasteiger partial charge < -0.3 is 13.8 Å². The van der Waals surface area contributed by atoms with Crippen molar-refractivity contribution in [1.82, 2.24) is 9.72 Å².